The number of hydrogen-bond donors (Lipinski definition) is 2. The SMILES string of the molecule is CCCCCCCCCCOc1ccc2cc(C(=O)NNC(=O)c3ccccc3C(CCC)CCCCCC)ccc2c1. The minimum absolute atomic E-state index is 0.280. The molecule has 3 aromatic carbocycles. The summed E-state index contributed by atoms with van der Waals surface area (Å²) in [5.41, 5.74) is 7.48. The van der Waals surface area contributed by atoms with Crippen molar-refractivity contribution in [3.8, 4) is 5.75 Å². The summed E-state index contributed by atoms with van der Waals surface area (Å²) >= 11 is 0. The zero-order valence-corrected chi connectivity index (χ0v) is 26.9. The van der Waals surface area contributed by atoms with Gasteiger partial charge in [0.1, 0.15) is 5.75 Å². The van der Waals surface area contributed by atoms with Crippen LogP contribution in [-0.2, 0) is 0 Å². The average Bonchev–Trinajstić information content (AvgIpc) is 3.03. The first-order valence-electron chi connectivity index (χ1n) is 16.9. The van der Waals surface area contributed by atoms with Crippen molar-refractivity contribution in [3.63, 3.8) is 0 Å². The van der Waals surface area contributed by atoms with Gasteiger partial charge in [0, 0.05) is 11.1 Å². The lowest BCUT2D eigenvalue weighted by Crippen LogP contribution is -2.42. The Labute approximate surface area is 260 Å². The van der Waals surface area contributed by atoms with Crippen LogP contribution in [0.15, 0.2) is 60.7 Å². The molecule has 43 heavy (non-hydrogen) atoms. The molecule has 0 saturated carbocycles. The largest absolute Gasteiger partial charge is 0.494 e. The Kier molecular flexibility index (Phi) is 15.7. The molecule has 0 aliphatic rings. The maximum atomic E-state index is 13.2. The van der Waals surface area contributed by atoms with Crippen LogP contribution in [0.5, 0.6) is 5.75 Å². The number of benzene rings is 3. The summed E-state index contributed by atoms with van der Waals surface area (Å²) < 4.78 is 5.99. The van der Waals surface area contributed by atoms with Gasteiger partial charge in [-0.15, -0.1) is 0 Å². The predicted octanol–water partition coefficient (Wildman–Crippen LogP) is 10.3. The number of ether oxygens (including phenoxy) is 1. The van der Waals surface area contributed by atoms with Crippen LogP contribution in [0.1, 0.15) is 149 Å². The summed E-state index contributed by atoms with van der Waals surface area (Å²) in [5.74, 6) is 0.574. The second-order valence-corrected chi connectivity index (χ2v) is 11.9. The van der Waals surface area contributed by atoms with Crippen molar-refractivity contribution in [2.45, 2.75) is 123 Å². The molecule has 234 valence electrons. The van der Waals surface area contributed by atoms with Crippen LogP contribution in [0, 0.1) is 0 Å². The lowest BCUT2D eigenvalue weighted by atomic mass is 9.86. The fourth-order valence-electron chi connectivity index (χ4n) is 5.81. The fraction of sp³-hybridized carbons (Fsp3) is 0.526. The van der Waals surface area contributed by atoms with Gasteiger partial charge in [-0.25, -0.2) is 0 Å². The number of fused-ring (bicyclic) bond motifs is 1. The highest BCUT2D eigenvalue weighted by molar-refractivity contribution is 6.01. The first-order chi connectivity index (χ1) is 21.1. The van der Waals surface area contributed by atoms with Gasteiger partial charge < -0.3 is 4.74 Å². The van der Waals surface area contributed by atoms with Crippen LogP contribution < -0.4 is 15.6 Å². The van der Waals surface area contributed by atoms with E-state index in [1.54, 1.807) is 6.07 Å². The molecule has 0 spiro atoms. The first kappa shape index (κ1) is 34.2. The molecule has 0 fully saturated rings. The minimum Gasteiger partial charge on any atom is -0.494 e. The van der Waals surface area contributed by atoms with Gasteiger partial charge in [-0.1, -0.05) is 128 Å². The van der Waals surface area contributed by atoms with Crippen molar-refractivity contribution in [3.05, 3.63) is 77.4 Å². The number of carbonyl (C=O) groups excluding carboxylic acids is 2. The zero-order chi connectivity index (χ0) is 30.7. The number of nitrogens with one attached hydrogen (secondary N) is 2. The molecule has 0 bridgehead atoms. The molecule has 3 rings (SSSR count). The van der Waals surface area contributed by atoms with E-state index in [2.05, 4.69) is 37.7 Å². The van der Waals surface area contributed by atoms with Crippen LogP contribution in [-0.4, -0.2) is 18.4 Å². The van der Waals surface area contributed by atoms with Crippen molar-refractivity contribution in [2.75, 3.05) is 6.61 Å². The van der Waals surface area contributed by atoms with E-state index in [4.69, 9.17) is 4.74 Å². The van der Waals surface area contributed by atoms with Crippen molar-refractivity contribution in [1.29, 1.82) is 0 Å². The summed E-state index contributed by atoms with van der Waals surface area (Å²) in [5, 5.41) is 1.97. The standard InChI is InChI=1S/C38H54N2O3/c1-4-7-9-11-12-13-14-18-27-43-34-26-25-31-28-33(24-23-32(31)29-34)37(41)39-40-38(42)36-22-17-16-21-35(36)30(19-6-3)20-15-10-8-5-2/h16-17,21-26,28-30H,4-15,18-20,27H2,1-3H3,(H,39,41)(H,40,42). The summed E-state index contributed by atoms with van der Waals surface area (Å²) in [7, 11) is 0. The molecule has 0 heterocycles. The average molecular weight is 587 g/mol. The van der Waals surface area contributed by atoms with Gasteiger partial charge in [-0.3, -0.25) is 20.4 Å². The molecule has 1 atom stereocenters. The van der Waals surface area contributed by atoms with Crippen molar-refractivity contribution >= 4 is 22.6 Å². The summed E-state index contributed by atoms with van der Waals surface area (Å²) in [6, 6.07) is 19.3. The monoisotopic (exact) mass is 586 g/mol. The van der Waals surface area contributed by atoms with Crippen molar-refractivity contribution in [1.82, 2.24) is 10.9 Å². The van der Waals surface area contributed by atoms with E-state index in [0.29, 0.717) is 17.0 Å². The normalized spacial score (nSPS) is 11.8. The van der Waals surface area contributed by atoms with Gasteiger partial charge in [0.2, 0.25) is 0 Å². The summed E-state index contributed by atoms with van der Waals surface area (Å²) in [6.45, 7) is 7.39. The Morgan fingerprint density at radius 2 is 1.26 bits per heavy atom. The van der Waals surface area contributed by atoms with Gasteiger partial charge in [0.15, 0.2) is 0 Å². The maximum absolute atomic E-state index is 13.2. The molecule has 0 radical (unpaired) electrons. The van der Waals surface area contributed by atoms with Crippen LogP contribution in [0.2, 0.25) is 0 Å². The first-order valence-corrected chi connectivity index (χ1v) is 16.9. The highest BCUT2D eigenvalue weighted by Gasteiger charge is 2.19. The van der Waals surface area contributed by atoms with E-state index in [9.17, 15) is 9.59 Å². The Morgan fingerprint density at radius 1 is 0.628 bits per heavy atom. The van der Waals surface area contributed by atoms with Crippen LogP contribution in [0.25, 0.3) is 10.8 Å². The molecule has 3 aromatic rings. The lowest BCUT2D eigenvalue weighted by molar-refractivity contribution is 0.0846. The third-order valence-corrected chi connectivity index (χ3v) is 8.32. The molecule has 5 heteroatoms. The second kappa shape index (κ2) is 19.8. The van der Waals surface area contributed by atoms with Gasteiger partial charge in [-0.2, -0.15) is 0 Å². The molecule has 1 unspecified atom stereocenters. The van der Waals surface area contributed by atoms with Crippen LogP contribution in [0.4, 0.5) is 0 Å². The van der Waals surface area contributed by atoms with Gasteiger partial charge in [0.25, 0.3) is 11.8 Å². The Balaban J connectivity index is 1.51. The molecule has 2 N–H and O–H groups in total. The van der Waals surface area contributed by atoms with E-state index in [0.717, 1.165) is 54.4 Å². The van der Waals surface area contributed by atoms with Crippen molar-refractivity contribution < 1.29 is 14.3 Å². The molecule has 2 amide bonds. The highest BCUT2D eigenvalue weighted by atomic mass is 16.5. The van der Waals surface area contributed by atoms with Crippen LogP contribution in [0.3, 0.4) is 0 Å². The topological polar surface area (TPSA) is 67.4 Å². The minimum atomic E-state index is -0.340. The maximum Gasteiger partial charge on any atom is 0.269 e. The number of hydrogen-bond acceptors (Lipinski definition) is 3. The third-order valence-electron chi connectivity index (χ3n) is 8.32. The predicted molar refractivity (Wildman–Crippen MR) is 180 cm³/mol. The quantitative estimate of drug-likeness (QED) is 0.102. The lowest BCUT2D eigenvalue weighted by Gasteiger charge is -2.20. The smallest absolute Gasteiger partial charge is 0.269 e. The molecule has 0 aliphatic heterocycles. The highest BCUT2D eigenvalue weighted by Crippen LogP contribution is 2.30. The van der Waals surface area contributed by atoms with E-state index < -0.39 is 0 Å². The summed E-state index contributed by atoms with van der Waals surface area (Å²) in [4.78, 5) is 26.2. The third kappa shape index (κ3) is 11.7. The van der Waals surface area contributed by atoms with Gasteiger partial charge >= 0.3 is 0 Å². The molecular weight excluding hydrogens is 532 g/mol. The van der Waals surface area contributed by atoms with Crippen molar-refractivity contribution in [2.24, 2.45) is 0 Å². The van der Waals surface area contributed by atoms with E-state index in [1.807, 2.05) is 48.5 Å². The van der Waals surface area contributed by atoms with Crippen LogP contribution >= 0.6 is 0 Å². The number of rotatable bonds is 20. The van der Waals surface area contributed by atoms with Gasteiger partial charge in [-0.05, 0) is 71.8 Å². The zero-order valence-electron chi connectivity index (χ0n) is 26.9. The van der Waals surface area contributed by atoms with E-state index in [1.165, 1.54) is 70.6 Å². The molecule has 0 saturated heterocycles. The number of amides is 2. The summed E-state index contributed by atoms with van der Waals surface area (Å²) in [6.07, 6.45) is 18.3. The molecule has 5 nitrogen and oxygen atoms in total. The Bertz CT molecular complexity index is 1250. The second-order valence-electron chi connectivity index (χ2n) is 11.9. The molecule has 0 aliphatic carbocycles. The number of unbranched alkanes of at least 4 members (excludes halogenated alkanes) is 10. The molecular formula is C38H54N2O3. The van der Waals surface area contributed by atoms with Gasteiger partial charge in [0.05, 0.1) is 6.61 Å². The molecule has 0 aromatic heterocycles. The fourth-order valence-corrected chi connectivity index (χ4v) is 5.81. The Morgan fingerprint density at radius 3 is 2.00 bits per heavy atom. The number of hydrazine groups is 1. The van der Waals surface area contributed by atoms with E-state index in [-0.39, 0.29) is 11.8 Å². The Hall–Kier alpha value is -3.34. The van der Waals surface area contributed by atoms with E-state index >= 15 is 0 Å². The number of carbonyl (C=O) groups is 2.